The maximum absolute atomic E-state index is 12.3. The van der Waals surface area contributed by atoms with Gasteiger partial charge in [-0.1, -0.05) is 146 Å². The first-order chi connectivity index (χ1) is 64.6. The van der Waals surface area contributed by atoms with Crippen LogP contribution >= 0.6 is 23.2 Å². The van der Waals surface area contributed by atoms with Gasteiger partial charge >= 0.3 is 28.3 Å². The number of nitrogens with one attached hydrogen (secondary N) is 6. The second kappa shape index (κ2) is 52.9. The second-order valence-corrected chi connectivity index (χ2v) is 42.0. The van der Waals surface area contributed by atoms with Crippen LogP contribution in [-0.2, 0) is 35.4 Å². The smallest absolute Gasteiger partial charge is 0.397 e. The number of piperidine rings is 1. The van der Waals surface area contributed by atoms with Gasteiger partial charge in [0.05, 0.1) is 60.2 Å². The van der Waals surface area contributed by atoms with Gasteiger partial charge in [0.25, 0.3) is 0 Å². The molecule has 19 atom stereocenters. The number of halogens is 2. The van der Waals surface area contributed by atoms with E-state index in [1.165, 1.54) is 123 Å². The Morgan fingerprint density at radius 3 is 1.90 bits per heavy atom. The maximum Gasteiger partial charge on any atom is 0.397 e. The molecule has 7 fully saturated rings. The summed E-state index contributed by atoms with van der Waals surface area (Å²) in [5.74, 6) is 0.503. The minimum absolute atomic E-state index is 0.0154. The van der Waals surface area contributed by atoms with Gasteiger partial charge in [0.2, 0.25) is 5.91 Å². The number of fused-ring (bicyclic) bond motifs is 12. The zero-order chi connectivity index (χ0) is 97.6. The van der Waals surface area contributed by atoms with Crippen LogP contribution in [0.5, 0.6) is 0 Å². The van der Waals surface area contributed by atoms with Crippen LogP contribution in [0.3, 0.4) is 0 Å². The molecule has 0 unspecified atom stereocenters. The van der Waals surface area contributed by atoms with Gasteiger partial charge in [-0.2, -0.15) is 18.9 Å². The number of nitrogens with two attached hydrogens (primary N) is 1. The summed E-state index contributed by atoms with van der Waals surface area (Å²) in [5, 5.41) is 114. The number of nitrogens with zero attached hydrogens (tertiary/aromatic N) is 5. The molecule has 6 aromatic rings. The van der Waals surface area contributed by atoms with Gasteiger partial charge in [-0.3, -0.25) is 19.3 Å². The first-order valence-corrected chi connectivity index (χ1v) is 51.6. The van der Waals surface area contributed by atoms with Gasteiger partial charge in [0, 0.05) is 65.9 Å². The number of aliphatic carboxylic acids is 2. The van der Waals surface area contributed by atoms with E-state index in [0.29, 0.717) is 95.4 Å². The highest BCUT2D eigenvalue weighted by Gasteiger charge is 2.63. The number of hydrogen-bond donors (Lipinski definition) is 16. The molecule has 6 aliphatic carbocycles. The normalized spacial score (nSPS) is 26.0. The molecule has 17 N–H and O–H groups in total. The van der Waals surface area contributed by atoms with Crippen LogP contribution in [0.1, 0.15) is 277 Å². The number of anilines is 1. The number of aromatic carboxylic acids is 1. The quantitative estimate of drug-likeness (QED) is 0.0128. The van der Waals surface area contributed by atoms with Crippen molar-refractivity contribution in [2.24, 2.45) is 58.0 Å². The Labute approximate surface area is 809 Å². The standard InChI is InChI=1S/C38H73N3O5S.C24H24ClNO3.C14H20N4O2.C13H13N3.C11H14ClN.C4H6O6/c1-27(2)35(46-47(43,44)45)16-13-28(3)31-14-15-32-36-33(18-20-38(31,32)5)37(4)19-17-30(25-29(37)26-34(36)42)41-24-12-23-40-22-11-9-7-6-8-10-21-39;25-21-10-4-8-19(15-21)23(27)12-1-2-13-26-22-11-5-7-18(16-22)17-6-3-9-20(14-17)24(28)29;15-7-11-3-4-12(8-16)18(11)13(20)9-17-14(10-19)5-1-2-6-14;1-2-16-13-5-11-9-3-8(6-14-7-9)10(11)4-12(13)15-1;1-8-7-13-5-4-9-2-3-10(12)6-11(8)9;5-1(3(7)8)2(6)4(9)10/h27-36,40-42H,6-26,39H2,1-5H3,(H,43,44,45);3-11,14-16,23,26-27H,1-2,12-13H2,(H,28,29);11-12,17,19H,1-6,9-10H2;1-2,4-5,8-9,14H,3,6-7H2;2-3,6,8,13H,4-5,7H2,1H3;1-2,5-6H,(H,7,8)(H,9,10)/t28-,29-,30+,31-,32+,33+,34-,35-,36+,37+,38-;23-;11-,12+;8-,9+;8-;1-,2-/m10..01/s1. The molecular weight excluding hydrogens is 1780 g/mol. The molecule has 135 heavy (non-hydrogen) atoms. The van der Waals surface area contributed by atoms with Gasteiger partial charge in [-0.15, -0.1) is 0 Å². The fourth-order valence-corrected chi connectivity index (χ4v) is 24.2. The van der Waals surface area contributed by atoms with Crippen molar-refractivity contribution < 1.29 is 77.2 Å². The monoisotopic (exact) mass is 1930 g/mol. The number of aliphatic hydroxyl groups excluding tert-OH is 5. The largest absolute Gasteiger partial charge is 0.479 e. The Bertz CT molecular complexity index is 4900. The van der Waals surface area contributed by atoms with Gasteiger partial charge in [-0.05, 0) is 344 Å². The van der Waals surface area contributed by atoms with E-state index in [4.69, 9.17) is 69.2 Å². The predicted octanol–water partition coefficient (Wildman–Crippen LogP) is 15.7. The summed E-state index contributed by atoms with van der Waals surface area (Å²) in [4.78, 5) is 53.2. The first-order valence-electron chi connectivity index (χ1n) is 49.4. The highest BCUT2D eigenvalue weighted by Crippen LogP contribution is 2.69. The second-order valence-electron chi connectivity index (χ2n) is 40.0. The van der Waals surface area contributed by atoms with Crippen molar-refractivity contribution in [1.29, 1.82) is 10.5 Å². The number of amides is 1. The highest BCUT2D eigenvalue weighted by atomic mass is 35.5. The molecule has 1 amide bonds. The molecular formula is C104H150Cl2N12O16S. The number of carbonyl (C=O) groups excluding carboxylic acids is 1. The lowest BCUT2D eigenvalue weighted by molar-refractivity contribution is -0.167. The van der Waals surface area contributed by atoms with E-state index in [2.05, 4.69) is 106 Å². The molecule has 1 aromatic heterocycles. The lowest BCUT2D eigenvalue weighted by atomic mass is 9.43. The van der Waals surface area contributed by atoms with E-state index in [9.17, 15) is 47.5 Å². The van der Waals surface area contributed by atoms with Crippen LogP contribution in [-0.4, -0.2) is 213 Å². The Balaban J connectivity index is 0.000000182. The summed E-state index contributed by atoms with van der Waals surface area (Å²) < 4.78 is 37.2. The fraction of sp³-hybridized carbons (Fsp3) is 0.635. The summed E-state index contributed by atoms with van der Waals surface area (Å²) in [6, 6.07) is 36.7. The summed E-state index contributed by atoms with van der Waals surface area (Å²) in [7, 11) is -4.46. The van der Waals surface area contributed by atoms with E-state index in [1.807, 2.05) is 62.4 Å². The topological polar surface area (TPSA) is 469 Å². The number of rotatable bonds is 36. The third-order valence-electron chi connectivity index (χ3n) is 30.7. The van der Waals surface area contributed by atoms with Crippen LogP contribution in [0, 0.1) is 74.9 Å². The summed E-state index contributed by atoms with van der Waals surface area (Å²) in [6.07, 6.45) is 27.6. The van der Waals surface area contributed by atoms with Gasteiger partial charge in [-0.25, -0.2) is 18.6 Å². The van der Waals surface area contributed by atoms with Gasteiger partial charge < -0.3 is 83.4 Å². The number of nitriles is 2. The molecule has 0 spiro atoms. The number of carboxylic acids is 3. The number of unbranched alkanes of at least 4 members (excludes halogenated alkanes) is 6. The molecule has 31 heteroatoms. The summed E-state index contributed by atoms with van der Waals surface area (Å²) in [5.41, 5.74) is 17.7. The van der Waals surface area contributed by atoms with Crippen LogP contribution < -0.4 is 37.6 Å². The van der Waals surface area contributed by atoms with E-state index in [1.54, 1.807) is 42.7 Å². The third-order valence-corrected chi connectivity index (χ3v) is 31.7. The minimum atomic E-state index is -4.46. The van der Waals surface area contributed by atoms with Crippen molar-refractivity contribution in [1.82, 2.24) is 41.5 Å². The number of likely N-dealkylation sites (tertiary alicyclic amines) is 1. The zero-order valence-corrected chi connectivity index (χ0v) is 82.1. The van der Waals surface area contributed by atoms with Gasteiger partial charge in [0.15, 0.2) is 12.2 Å². The number of hydrogen-bond acceptors (Lipinski definition) is 23. The molecule has 15 rings (SSSR count). The lowest BCUT2D eigenvalue weighted by Gasteiger charge is -2.62. The van der Waals surface area contributed by atoms with Crippen molar-refractivity contribution in [3.05, 3.63) is 159 Å². The van der Waals surface area contributed by atoms with E-state index in [0.717, 1.165) is 155 Å². The zero-order valence-electron chi connectivity index (χ0n) is 79.8. The number of aromatic nitrogens is 2. The summed E-state index contributed by atoms with van der Waals surface area (Å²) in [6.45, 7) is 23.0. The molecule has 5 saturated carbocycles. The third kappa shape index (κ3) is 30.8. The molecule has 2 saturated heterocycles. The molecule has 0 radical (unpaired) electrons. The molecule has 4 heterocycles. The number of carboxylic acid groups (broad SMARTS) is 3. The van der Waals surface area contributed by atoms with E-state index >= 15 is 0 Å². The van der Waals surface area contributed by atoms with E-state index < -0.39 is 64.8 Å². The van der Waals surface area contributed by atoms with Crippen LogP contribution in [0.4, 0.5) is 5.69 Å². The molecule has 9 aliphatic rings. The molecule has 28 nitrogen and oxygen atoms in total. The predicted molar refractivity (Wildman–Crippen MR) is 527 cm³/mol. The SMILES string of the molecule is CC(C)[C@@H](CC[C@@H](C)[C@H]1CC[C@H]2[C@@H]3[C@H](O)C[C@H]4C[C@@H](NCCCNCCCCCCCCN)CC[C@]4(C)[C@H]3CC[C@]12C)OS(=O)(=O)O.C[C@H]1CNCCc2ccc(Cl)cc21.N#C[C@@H]1CC[C@H](C#N)N1C(=O)CNC1(CO)CCCC1.O=C(O)[C@H](O)[C@@H](O)C(=O)O.O=C(O)c1cccc(-c2cccc(NCCCC[C@H](O)c3cccc(Cl)c3)c2)c1.c1cnc2cc3c(cc2n1)[C@@H]1CNC[C@H]3C1. The minimum Gasteiger partial charge on any atom is -0.479 e. The number of carbonyl (C=O) groups is 4. The molecule has 5 aromatic carbocycles. The average molecular weight is 1930 g/mol. The Morgan fingerprint density at radius 1 is 0.652 bits per heavy atom. The average Bonchev–Trinajstić information content (AvgIpc) is 1.65. The van der Waals surface area contributed by atoms with Crippen LogP contribution in [0.2, 0.25) is 10.0 Å². The molecule has 3 aliphatic heterocycles. The van der Waals surface area contributed by atoms with Crippen molar-refractivity contribution in [2.45, 2.75) is 293 Å². The summed E-state index contributed by atoms with van der Waals surface area (Å²) >= 11 is 11.9. The van der Waals surface area contributed by atoms with E-state index in [-0.39, 0.29) is 47.6 Å². The van der Waals surface area contributed by atoms with Crippen molar-refractivity contribution in [2.75, 3.05) is 77.4 Å². The van der Waals surface area contributed by atoms with Crippen molar-refractivity contribution in [3.63, 3.8) is 0 Å². The van der Waals surface area contributed by atoms with Gasteiger partial charge in [0.1, 0.15) is 12.1 Å². The number of benzene rings is 5. The lowest BCUT2D eigenvalue weighted by Crippen LogP contribution is -2.59. The molecule has 2 bridgehead atoms. The Kier molecular flexibility index (Phi) is 42.8. The Morgan fingerprint density at radius 2 is 1.27 bits per heavy atom. The highest BCUT2D eigenvalue weighted by molar-refractivity contribution is 7.80. The van der Waals surface area contributed by atoms with Crippen molar-refractivity contribution in [3.8, 4) is 23.3 Å². The fourth-order valence-electron chi connectivity index (χ4n) is 23.2. The maximum atomic E-state index is 12.3. The number of aliphatic hydroxyl groups is 5. The first kappa shape index (κ1) is 109. The van der Waals surface area contributed by atoms with Crippen LogP contribution in [0.25, 0.3) is 22.2 Å². The Hall–Kier alpha value is -7.89. The van der Waals surface area contributed by atoms with Crippen molar-refractivity contribution >= 4 is 74.1 Å². The van der Waals surface area contributed by atoms with Crippen LogP contribution in [0.15, 0.2) is 116 Å². The molecule has 742 valence electrons.